The van der Waals surface area contributed by atoms with Crippen LogP contribution in [0.4, 0.5) is 0 Å². The van der Waals surface area contributed by atoms with Crippen LogP contribution in [-0.4, -0.2) is 22.2 Å². The molecule has 0 aliphatic carbocycles. The van der Waals surface area contributed by atoms with Crippen molar-refractivity contribution in [3.8, 4) is 22.3 Å². The maximum Gasteiger partial charge on any atom is 0.336 e. The van der Waals surface area contributed by atoms with E-state index in [1.54, 1.807) is 0 Å². The smallest absolute Gasteiger partial charge is 0.336 e. The molecule has 370 valence electrons. The molecule has 5 rings (SSSR count). The summed E-state index contributed by atoms with van der Waals surface area (Å²) in [5.74, 6) is -2.46. The third-order valence-electron chi connectivity index (χ3n) is 13.2. The number of aromatic carboxylic acids is 2. The third kappa shape index (κ3) is 22.9. The molecule has 0 heterocycles. The van der Waals surface area contributed by atoms with Crippen molar-refractivity contribution in [2.45, 2.75) is 207 Å². The van der Waals surface area contributed by atoms with Crippen molar-refractivity contribution in [2.24, 2.45) is 0 Å². The van der Waals surface area contributed by atoms with Crippen LogP contribution >= 0.6 is 0 Å². The molecule has 5 aromatic rings. The summed E-state index contributed by atoms with van der Waals surface area (Å²) >= 11 is 0. The van der Waals surface area contributed by atoms with Gasteiger partial charge >= 0.3 is 11.9 Å². The molecule has 0 fully saturated rings. The van der Waals surface area contributed by atoms with E-state index in [1.165, 1.54) is 249 Å². The number of carboxylic acids is 2. The van der Waals surface area contributed by atoms with Crippen molar-refractivity contribution in [1.29, 1.82) is 0 Å². The van der Waals surface area contributed by atoms with Crippen LogP contribution in [0.2, 0.25) is 0 Å². The Bertz CT molecular complexity index is 1820. The quantitative estimate of drug-likeness (QED) is 0.0422. The van der Waals surface area contributed by atoms with E-state index in [0.29, 0.717) is 0 Å². The van der Waals surface area contributed by atoms with Gasteiger partial charge in [-0.05, 0) is 108 Å². The SMILES string of the molecule is CCCCCCCCc1ccccc1-c1ccccc1CCCCCCCC.CCCCCCCCc1ccccc1-c1ccccc1CCCCCCCC.O=C(O)c1ccccc1C(=O)O. The maximum atomic E-state index is 10.5. The van der Waals surface area contributed by atoms with Crippen LogP contribution in [0, 0.1) is 0 Å². The molecule has 0 amide bonds. The van der Waals surface area contributed by atoms with Gasteiger partial charge in [0.25, 0.3) is 0 Å². The van der Waals surface area contributed by atoms with Gasteiger partial charge in [-0.15, -0.1) is 0 Å². The van der Waals surface area contributed by atoms with Crippen LogP contribution in [0.3, 0.4) is 0 Å². The lowest BCUT2D eigenvalue weighted by molar-refractivity contribution is 0.0651. The van der Waals surface area contributed by atoms with E-state index >= 15 is 0 Å². The van der Waals surface area contributed by atoms with Crippen LogP contribution < -0.4 is 0 Å². The molecule has 4 heteroatoms. The van der Waals surface area contributed by atoms with Crippen molar-refractivity contribution < 1.29 is 19.8 Å². The Morgan fingerprint density at radius 1 is 0.279 bits per heavy atom. The molecular formula is C64H90O4. The molecule has 5 aromatic carbocycles. The zero-order valence-corrected chi connectivity index (χ0v) is 43.1. The number of benzene rings is 5. The van der Waals surface area contributed by atoms with Crippen molar-refractivity contribution >= 4 is 11.9 Å². The van der Waals surface area contributed by atoms with Gasteiger partial charge in [-0.25, -0.2) is 9.59 Å². The highest BCUT2D eigenvalue weighted by molar-refractivity contribution is 6.01. The Labute approximate surface area is 414 Å². The van der Waals surface area contributed by atoms with E-state index < -0.39 is 11.9 Å². The first-order chi connectivity index (χ1) is 33.4. The number of aryl methyl sites for hydroxylation is 4. The summed E-state index contributed by atoms with van der Waals surface area (Å²) in [6.07, 6.45) is 37.7. The van der Waals surface area contributed by atoms with Gasteiger partial charge in [-0.2, -0.15) is 0 Å². The van der Waals surface area contributed by atoms with Gasteiger partial charge in [0.15, 0.2) is 0 Å². The molecule has 0 aromatic heterocycles. The molecule has 0 atom stereocenters. The fourth-order valence-electron chi connectivity index (χ4n) is 9.24. The van der Waals surface area contributed by atoms with Crippen molar-refractivity contribution in [3.05, 3.63) is 155 Å². The summed E-state index contributed by atoms with van der Waals surface area (Å²) in [5, 5.41) is 17.1. The summed E-state index contributed by atoms with van der Waals surface area (Å²) in [6.45, 7) is 9.16. The first-order valence-corrected chi connectivity index (χ1v) is 27.2. The molecule has 0 aliphatic rings. The van der Waals surface area contributed by atoms with E-state index in [1.807, 2.05) is 0 Å². The average Bonchev–Trinajstić information content (AvgIpc) is 3.36. The lowest BCUT2D eigenvalue weighted by atomic mass is 9.91. The van der Waals surface area contributed by atoms with Gasteiger partial charge in [0.2, 0.25) is 0 Å². The third-order valence-corrected chi connectivity index (χ3v) is 13.2. The Kier molecular flexibility index (Phi) is 31.2. The summed E-state index contributed by atoms with van der Waals surface area (Å²) < 4.78 is 0. The van der Waals surface area contributed by atoms with E-state index in [4.69, 9.17) is 10.2 Å². The van der Waals surface area contributed by atoms with Gasteiger partial charge in [-0.1, -0.05) is 265 Å². The first-order valence-electron chi connectivity index (χ1n) is 27.2. The Hall–Kier alpha value is -4.96. The molecule has 0 saturated carbocycles. The highest BCUT2D eigenvalue weighted by Crippen LogP contribution is 2.31. The number of unbranched alkanes of at least 4 members (excludes halogenated alkanes) is 20. The average molecular weight is 923 g/mol. The van der Waals surface area contributed by atoms with E-state index in [0.717, 1.165) is 0 Å². The minimum Gasteiger partial charge on any atom is -0.478 e. The summed E-state index contributed by atoms with van der Waals surface area (Å²) in [6, 6.07) is 41.9. The van der Waals surface area contributed by atoms with E-state index in [-0.39, 0.29) is 11.1 Å². The van der Waals surface area contributed by atoms with Crippen molar-refractivity contribution in [3.63, 3.8) is 0 Å². The van der Waals surface area contributed by atoms with Gasteiger partial charge in [-0.3, -0.25) is 0 Å². The fraction of sp³-hybridized carbons (Fsp3) is 0.500. The van der Waals surface area contributed by atoms with Crippen molar-refractivity contribution in [2.75, 3.05) is 0 Å². The topological polar surface area (TPSA) is 74.6 Å². The second-order valence-electron chi connectivity index (χ2n) is 18.9. The second kappa shape index (κ2) is 37.0. The van der Waals surface area contributed by atoms with Gasteiger partial charge in [0.1, 0.15) is 0 Å². The lowest BCUT2D eigenvalue weighted by Gasteiger charge is -2.14. The summed E-state index contributed by atoms with van der Waals surface area (Å²) in [5.41, 5.74) is 11.6. The highest BCUT2D eigenvalue weighted by Gasteiger charge is 2.14. The van der Waals surface area contributed by atoms with Crippen molar-refractivity contribution in [1.82, 2.24) is 0 Å². The monoisotopic (exact) mass is 923 g/mol. The predicted molar refractivity (Wildman–Crippen MR) is 292 cm³/mol. The van der Waals surface area contributed by atoms with Crippen LogP contribution in [0.15, 0.2) is 121 Å². The molecular weight excluding hydrogens is 833 g/mol. The lowest BCUT2D eigenvalue weighted by Crippen LogP contribution is -2.06. The normalized spacial score (nSPS) is 10.8. The first kappa shape index (κ1) is 57.4. The molecule has 0 radical (unpaired) electrons. The number of carboxylic acid groups (broad SMARTS) is 2. The fourth-order valence-corrected chi connectivity index (χ4v) is 9.24. The van der Waals surface area contributed by atoms with Gasteiger partial charge in [0.05, 0.1) is 11.1 Å². The Morgan fingerprint density at radius 2 is 0.471 bits per heavy atom. The molecule has 4 nitrogen and oxygen atoms in total. The van der Waals surface area contributed by atoms with Crippen LogP contribution in [-0.2, 0) is 25.7 Å². The minimum atomic E-state index is -1.23. The predicted octanol–water partition coefficient (Wildman–Crippen LogP) is 19.4. The summed E-state index contributed by atoms with van der Waals surface area (Å²) in [7, 11) is 0. The number of hydrogen-bond acceptors (Lipinski definition) is 2. The maximum absolute atomic E-state index is 10.5. The molecule has 68 heavy (non-hydrogen) atoms. The van der Waals surface area contributed by atoms with E-state index in [2.05, 4.69) is 125 Å². The minimum absolute atomic E-state index is 0.190. The largest absolute Gasteiger partial charge is 0.478 e. The molecule has 0 bridgehead atoms. The number of carbonyl (C=O) groups is 2. The standard InChI is InChI=1S/2C28H42.C8H6O4/c2*1-3-5-7-9-11-13-19-25-21-15-17-23-27(25)28-24-18-16-22-26(28)20-14-12-10-8-6-4-2;9-7(10)5-3-1-2-4-6(5)8(11)12/h2*15-18,21-24H,3-14,19-20H2,1-2H3;1-4H,(H,9,10)(H,11,12). The van der Waals surface area contributed by atoms with Crippen LogP contribution in [0.5, 0.6) is 0 Å². The molecule has 0 saturated heterocycles. The van der Waals surface area contributed by atoms with E-state index in [9.17, 15) is 9.59 Å². The van der Waals surface area contributed by atoms with Gasteiger partial charge in [0, 0.05) is 0 Å². The van der Waals surface area contributed by atoms with Crippen LogP contribution in [0.1, 0.15) is 225 Å². The van der Waals surface area contributed by atoms with Gasteiger partial charge < -0.3 is 10.2 Å². The highest BCUT2D eigenvalue weighted by atomic mass is 16.4. The zero-order valence-electron chi connectivity index (χ0n) is 43.1. The number of hydrogen-bond donors (Lipinski definition) is 2. The summed E-state index contributed by atoms with van der Waals surface area (Å²) in [4.78, 5) is 20.9. The van der Waals surface area contributed by atoms with Crippen LogP contribution in [0.25, 0.3) is 22.3 Å². The Balaban J connectivity index is 0.000000291. The molecule has 2 N–H and O–H groups in total. The molecule has 0 unspecified atom stereocenters. The Morgan fingerprint density at radius 3 is 0.691 bits per heavy atom. The zero-order chi connectivity index (χ0) is 48.9. The second-order valence-corrected chi connectivity index (χ2v) is 18.9. The molecule has 0 spiro atoms. The number of rotatable bonds is 32. The molecule has 0 aliphatic heterocycles.